The molecular weight excluding hydrogens is 837 g/mol. The fourth-order valence-electron chi connectivity index (χ4n) is 13.1. The molecule has 0 aliphatic heterocycles. The van der Waals surface area contributed by atoms with Crippen molar-refractivity contribution in [3.8, 4) is 22.3 Å². The number of benzene rings is 9. The molecule has 0 radical (unpaired) electrons. The van der Waals surface area contributed by atoms with Crippen LogP contribution in [-0.4, -0.2) is 9.13 Å². The number of para-hydroxylation sites is 3. The Morgan fingerprint density at radius 3 is 1.41 bits per heavy atom. The average molecular weight is 889 g/mol. The number of hydrogen-bond acceptors (Lipinski definition) is 2. The van der Waals surface area contributed by atoms with Crippen molar-refractivity contribution >= 4 is 66.8 Å². The zero-order valence-electron chi connectivity index (χ0n) is 39.2. The highest BCUT2D eigenvalue weighted by Gasteiger charge is 2.52. The lowest BCUT2D eigenvalue weighted by Crippen LogP contribution is -2.26. The van der Waals surface area contributed by atoms with Crippen molar-refractivity contribution in [3.05, 3.63) is 240 Å². The summed E-state index contributed by atoms with van der Waals surface area (Å²) >= 11 is 0. The quantitative estimate of drug-likeness (QED) is 0.151. The lowest BCUT2D eigenvalue weighted by Gasteiger charge is -2.33. The van der Waals surface area contributed by atoms with E-state index in [9.17, 15) is 0 Å². The van der Waals surface area contributed by atoms with Crippen LogP contribution in [0.2, 0.25) is 0 Å². The lowest BCUT2D eigenvalue weighted by molar-refractivity contribution is 0.630. The van der Waals surface area contributed by atoms with Gasteiger partial charge in [-0.3, -0.25) is 0 Å². The van der Waals surface area contributed by atoms with Crippen LogP contribution in [0.15, 0.2) is 206 Å². The Bertz CT molecular complexity index is 3790. The van der Waals surface area contributed by atoms with Crippen LogP contribution in [0, 0.1) is 0 Å². The van der Waals surface area contributed by atoms with E-state index >= 15 is 0 Å². The average Bonchev–Trinajstić information content (AvgIpc) is 4.10. The van der Waals surface area contributed by atoms with Crippen molar-refractivity contribution < 1.29 is 0 Å². The predicted octanol–water partition coefficient (Wildman–Crippen LogP) is 17.0. The Kier molecular flexibility index (Phi) is 8.98. The summed E-state index contributed by atoms with van der Waals surface area (Å²) in [5.74, 6) is 0. The molecule has 0 fully saturated rings. The van der Waals surface area contributed by atoms with Crippen LogP contribution in [0.3, 0.4) is 0 Å². The van der Waals surface area contributed by atoms with Gasteiger partial charge in [0.15, 0.2) is 0 Å². The summed E-state index contributed by atoms with van der Waals surface area (Å²) in [6, 6.07) is 77.9. The summed E-state index contributed by atoms with van der Waals surface area (Å²) in [7, 11) is 0. The van der Waals surface area contributed by atoms with Crippen LogP contribution >= 0.6 is 0 Å². The number of hydrogen-bond donors (Lipinski definition) is 0. The Morgan fingerprint density at radius 2 is 0.812 bits per heavy atom. The van der Waals surface area contributed by atoms with E-state index in [0.717, 1.165) is 47.9 Å². The second-order valence-corrected chi connectivity index (χ2v) is 19.2. The van der Waals surface area contributed by atoms with Gasteiger partial charge in [0.1, 0.15) is 0 Å². The SMILES string of the molecule is CCn1c2c(c3ccc(N(c4ccccc4)c4ccc5c(c4)C4(c6ccccc6-c6ccccc64)c4cc(N(c6ccccc6)c6ccc7c8ccccc8n(CC)c7c6)ccc4-5)cc31)CCCC2. The van der Waals surface area contributed by atoms with Crippen molar-refractivity contribution in [2.75, 3.05) is 9.80 Å². The van der Waals surface area contributed by atoms with Crippen LogP contribution < -0.4 is 9.80 Å². The van der Waals surface area contributed by atoms with Crippen molar-refractivity contribution in [3.63, 3.8) is 0 Å². The Labute approximate surface area is 404 Å². The first-order chi connectivity index (χ1) is 34.1. The molecule has 69 heavy (non-hydrogen) atoms. The van der Waals surface area contributed by atoms with Gasteiger partial charge in [0.25, 0.3) is 0 Å². The van der Waals surface area contributed by atoms with Crippen molar-refractivity contribution in [1.29, 1.82) is 0 Å². The van der Waals surface area contributed by atoms with Crippen LogP contribution in [-0.2, 0) is 31.3 Å². The van der Waals surface area contributed by atoms with Gasteiger partial charge in [0, 0.05) is 74.6 Å². The fourth-order valence-corrected chi connectivity index (χ4v) is 13.1. The maximum absolute atomic E-state index is 2.59. The first-order valence-corrected chi connectivity index (χ1v) is 25.0. The third-order valence-corrected chi connectivity index (χ3v) is 15.9. The highest BCUT2D eigenvalue weighted by molar-refractivity contribution is 6.09. The van der Waals surface area contributed by atoms with Crippen molar-refractivity contribution in [2.24, 2.45) is 0 Å². The molecule has 0 saturated carbocycles. The highest BCUT2D eigenvalue weighted by Crippen LogP contribution is 2.64. The number of nitrogens with zero attached hydrogens (tertiary/aromatic N) is 4. The first kappa shape index (κ1) is 40.0. The van der Waals surface area contributed by atoms with Gasteiger partial charge >= 0.3 is 0 Å². The summed E-state index contributed by atoms with van der Waals surface area (Å²) in [6.07, 6.45) is 4.87. The molecule has 1 spiro atoms. The molecule has 0 bridgehead atoms. The number of fused-ring (bicyclic) bond motifs is 16. The molecule has 11 aromatic rings. The van der Waals surface area contributed by atoms with Gasteiger partial charge in [-0.1, -0.05) is 127 Å². The lowest BCUT2D eigenvalue weighted by atomic mass is 9.70. The summed E-state index contributed by atoms with van der Waals surface area (Å²) in [5, 5.41) is 3.99. The molecule has 4 heteroatoms. The molecule has 3 aliphatic carbocycles. The van der Waals surface area contributed by atoms with E-state index in [0.29, 0.717) is 0 Å². The summed E-state index contributed by atoms with van der Waals surface area (Å²) < 4.78 is 5.05. The largest absolute Gasteiger partial charge is 0.345 e. The highest BCUT2D eigenvalue weighted by atomic mass is 15.2. The Hall–Kier alpha value is -8.08. The molecule has 0 atom stereocenters. The molecule has 0 saturated heterocycles. The second-order valence-electron chi connectivity index (χ2n) is 19.2. The van der Waals surface area contributed by atoms with Crippen molar-refractivity contribution in [1.82, 2.24) is 9.13 Å². The molecule has 4 nitrogen and oxygen atoms in total. The third kappa shape index (κ3) is 5.69. The topological polar surface area (TPSA) is 16.3 Å². The standard InChI is InChI=1S/C65H52N4/c1-3-66-61-29-17-13-25-53(61)55-37-33-47(41-63(55)66)68(43-19-7-5-8-20-43)45-31-35-51-52-36-32-46(40-60(52)65(59(51)39-45)57-27-15-11-23-49(57)50-24-12-16-28-58(50)65)69(44-21-9-6-10-22-44)48-34-38-56-54-26-14-18-30-62(54)67(4-2)64(56)42-48/h5-13,15-17,19-25,27-29,31-42H,3-4,14,18,26,30H2,1-2H3. The minimum absolute atomic E-state index is 0.562. The fraction of sp³-hybridized carbons (Fsp3) is 0.138. The molecule has 0 N–H and O–H groups in total. The van der Waals surface area contributed by atoms with Crippen molar-refractivity contribution in [2.45, 2.75) is 58.0 Å². The summed E-state index contributed by atoms with van der Waals surface area (Å²) in [4.78, 5) is 4.95. The molecule has 0 unspecified atom stereocenters. The zero-order valence-corrected chi connectivity index (χ0v) is 39.2. The first-order valence-electron chi connectivity index (χ1n) is 25.0. The smallest absolute Gasteiger partial charge is 0.0727 e. The normalized spacial score (nSPS) is 13.9. The molecule has 14 rings (SSSR count). The summed E-state index contributed by atoms with van der Waals surface area (Å²) in [5.41, 5.74) is 23.7. The van der Waals surface area contributed by atoms with Crippen LogP contribution in [0.1, 0.15) is 60.2 Å². The van der Waals surface area contributed by atoms with Gasteiger partial charge in [-0.15, -0.1) is 0 Å². The number of rotatable bonds is 8. The second kappa shape index (κ2) is 15.5. The molecule has 2 aromatic heterocycles. The third-order valence-electron chi connectivity index (χ3n) is 15.9. The van der Waals surface area contributed by atoms with E-state index < -0.39 is 5.41 Å². The Morgan fingerprint density at radius 1 is 0.362 bits per heavy atom. The van der Waals surface area contributed by atoms with Crippen LogP contribution in [0.25, 0.3) is 55.0 Å². The van der Waals surface area contributed by atoms with Gasteiger partial charge in [-0.2, -0.15) is 0 Å². The minimum atomic E-state index is -0.562. The van der Waals surface area contributed by atoms with Gasteiger partial charge in [-0.05, 0) is 168 Å². The predicted molar refractivity (Wildman–Crippen MR) is 289 cm³/mol. The summed E-state index contributed by atoms with van der Waals surface area (Å²) in [6.45, 7) is 6.42. The monoisotopic (exact) mass is 888 g/mol. The van der Waals surface area contributed by atoms with E-state index in [1.807, 2.05) is 0 Å². The Balaban J connectivity index is 1.00. The molecule has 2 heterocycles. The molecular formula is C65H52N4. The van der Waals surface area contributed by atoms with Gasteiger partial charge in [0.2, 0.25) is 0 Å². The van der Waals surface area contributed by atoms with E-state index in [1.54, 1.807) is 5.56 Å². The van der Waals surface area contributed by atoms with E-state index in [4.69, 9.17) is 0 Å². The number of aromatic nitrogens is 2. The number of aryl methyl sites for hydroxylation is 3. The molecule has 0 amide bonds. The molecule has 332 valence electrons. The van der Waals surface area contributed by atoms with E-state index in [-0.39, 0.29) is 0 Å². The maximum Gasteiger partial charge on any atom is 0.0727 e. The van der Waals surface area contributed by atoms with Gasteiger partial charge in [0.05, 0.1) is 16.4 Å². The zero-order chi connectivity index (χ0) is 45.8. The maximum atomic E-state index is 2.59. The molecule has 9 aromatic carbocycles. The number of anilines is 6. The van der Waals surface area contributed by atoms with Gasteiger partial charge in [-0.25, -0.2) is 0 Å². The van der Waals surface area contributed by atoms with Crippen LogP contribution in [0.4, 0.5) is 34.1 Å². The minimum Gasteiger partial charge on any atom is -0.345 e. The van der Waals surface area contributed by atoms with E-state index in [2.05, 4.69) is 239 Å². The van der Waals surface area contributed by atoms with Gasteiger partial charge < -0.3 is 18.9 Å². The molecule has 3 aliphatic rings. The van der Waals surface area contributed by atoms with E-state index in [1.165, 1.54) is 108 Å². The van der Waals surface area contributed by atoms with Crippen LogP contribution in [0.5, 0.6) is 0 Å².